The third-order valence-electron chi connectivity index (χ3n) is 2.33. The Morgan fingerprint density at radius 1 is 1.27 bits per heavy atom. The molecule has 0 bridgehead atoms. The molecule has 22 heavy (non-hydrogen) atoms. The molecule has 0 saturated heterocycles. The molecule has 0 fully saturated rings. The molecular weight excluding hydrogens is 350 g/mol. The van der Waals surface area contributed by atoms with Gasteiger partial charge in [-0.25, -0.2) is 4.79 Å². The summed E-state index contributed by atoms with van der Waals surface area (Å²) in [4.78, 5) is 22.1. The molecule has 0 heterocycles. The minimum Gasteiger partial charge on any atom is -0.484 e. The number of hydrogen-bond acceptors (Lipinski definition) is 3. The molecule has 1 aromatic carbocycles. The van der Waals surface area contributed by atoms with Gasteiger partial charge in [-0.15, -0.1) is 0 Å². The molecule has 122 valence electrons. The lowest BCUT2D eigenvalue weighted by Crippen LogP contribution is -2.45. The highest BCUT2D eigenvalue weighted by atomic mass is 35.5. The number of carboxylic acids is 1. The number of aliphatic carboxylic acids is 1. The van der Waals surface area contributed by atoms with Gasteiger partial charge in [0.05, 0.1) is 16.5 Å². The lowest BCUT2D eigenvalue weighted by atomic mass is 10.2. The predicted molar refractivity (Wildman–Crippen MR) is 72.2 cm³/mol. The van der Waals surface area contributed by atoms with Crippen LogP contribution in [0, 0.1) is 0 Å². The van der Waals surface area contributed by atoms with Crippen molar-refractivity contribution in [3.8, 4) is 5.75 Å². The van der Waals surface area contributed by atoms with Crippen molar-refractivity contribution in [2.75, 3.05) is 6.61 Å². The second-order valence-electron chi connectivity index (χ2n) is 4.14. The molecule has 5 nitrogen and oxygen atoms in total. The molecule has 0 spiro atoms. The van der Waals surface area contributed by atoms with Gasteiger partial charge >= 0.3 is 12.1 Å². The van der Waals surface area contributed by atoms with Crippen LogP contribution in [0.3, 0.4) is 0 Å². The van der Waals surface area contributed by atoms with Crippen molar-refractivity contribution < 1.29 is 32.6 Å². The number of carbonyl (C=O) groups is 2. The Bertz CT molecular complexity index is 566. The monoisotopic (exact) mass is 359 g/mol. The van der Waals surface area contributed by atoms with E-state index in [9.17, 15) is 22.8 Å². The summed E-state index contributed by atoms with van der Waals surface area (Å²) in [5.74, 6) is -2.64. The van der Waals surface area contributed by atoms with Crippen LogP contribution in [0.4, 0.5) is 13.2 Å². The highest BCUT2D eigenvalue weighted by molar-refractivity contribution is 6.42. The molecule has 2 N–H and O–H groups in total. The fourth-order valence-electron chi connectivity index (χ4n) is 1.38. The number of benzene rings is 1. The van der Waals surface area contributed by atoms with Gasteiger partial charge in [0, 0.05) is 6.07 Å². The van der Waals surface area contributed by atoms with Gasteiger partial charge in [-0.3, -0.25) is 4.79 Å². The lowest BCUT2D eigenvalue weighted by Gasteiger charge is -2.16. The first-order valence-corrected chi connectivity index (χ1v) is 6.51. The molecule has 0 saturated carbocycles. The predicted octanol–water partition coefficient (Wildman–Crippen LogP) is 2.89. The van der Waals surface area contributed by atoms with Gasteiger partial charge in [0.15, 0.2) is 6.61 Å². The Morgan fingerprint density at radius 2 is 1.91 bits per heavy atom. The van der Waals surface area contributed by atoms with Crippen molar-refractivity contribution in [1.29, 1.82) is 0 Å². The van der Waals surface area contributed by atoms with Crippen molar-refractivity contribution in [2.45, 2.75) is 18.6 Å². The summed E-state index contributed by atoms with van der Waals surface area (Å²) in [7, 11) is 0. The molecule has 0 aliphatic carbocycles. The summed E-state index contributed by atoms with van der Waals surface area (Å²) in [5.41, 5.74) is 0. The maximum atomic E-state index is 12.2. The van der Waals surface area contributed by atoms with E-state index in [1.54, 1.807) is 5.32 Å². The number of halogens is 5. The summed E-state index contributed by atoms with van der Waals surface area (Å²) in [6, 6.07) is 2.03. The van der Waals surface area contributed by atoms with E-state index >= 15 is 0 Å². The standard InChI is InChI=1S/C12H10Cl2F3NO4/c13-7-2-1-6(3-8(7)14)22-5-10(19)18-9(11(20)21)4-12(15,16)17/h1-3,9H,4-5H2,(H,18,19)(H,20,21). The molecule has 1 atom stereocenters. The fraction of sp³-hybridized carbons (Fsp3) is 0.333. The van der Waals surface area contributed by atoms with E-state index in [1.165, 1.54) is 18.2 Å². The van der Waals surface area contributed by atoms with Crippen molar-refractivity contribution >= 4 is 35.1 Å². The Morgan fingerprint density at radius 3 is 2.41 bits per heavy atom. The van der Waals surface area contributed by atoms with Crippen LogP contribution in [-0.4, -0.2) is 35.8 Å². The average molecular weight is 360 g/mol. The number of nitrogens with one attached hydrogen (secondary N) is 1. The van der Waals surface area contributed by atoms with E-state index < -0.39 is 37.1 Å². The number of amides is 1. The largest absolute Gasteiger partial charge is 0.484 e. The SMILES string of the molecule is O=C(COc1ccc(Cl)c(Cl)c1)NC(CC(F)(F)F)C(=O)O. The number of carbonyl (C=O) groups excluding carboxylic acids is 1. The first-order chi connectivity index (χ1) is 10.1. The van der Waals surface area contributed by atoms with E-state index in [0.717, 1.165) is 0 Å². The first kappa shape index (κ1) is 18.4. The van der Waals surface area contributed by atoms with Crippen LogP contribution in [0.2, 0.25) is 10.0 Å². The van der Waals surface area contributed by atoms with E-state index in [2.05, 4.69) is 0 Å². The maximum Gasteiger partial charge on any atom is 0.391 e. The van der Waals surface area contributed by atoms with Gasteiger partial charge < -0.3 is 15.2 Å². The van der Waals surface area contributed by atoms with Crippen LogP contribution < -0.4 is 10.1 Å². The van der Waals surface area contributed by atoms with E-state index in [-0.39, 0.29) is 15.8 Å². The third kappa shape index (κ3) is 6.40. The Labute approximate surface area is 133 Å². The topological polar surface area (TPSA) is 75.6 Å². The van der Waals surface area contributed by atoms with Crippen LogP contribution in [0.1, 0.15) is 6.42 Å². The average Bonchev–Trinajstić information content (AvgIpc) is 2.38. The van der Waals surface area contributed by atoms with Gasteiger partial charge in [-0.05, 0) is 12.1 Å². The molecule has 1 aromatic rings. The number of ether oxygens (including phenoxy) is 1. The zero-order valence-electron chi connectivity index (χ0n) is 10.8. The first-order valence-electron chi connectivity index (χ1n) is 5.75. The van der Waals surface area contributed by atoms with Crippen molar-refractivity contribution in [2.24, 2.45) is 0 Å². The zero-order valence-corrected chi connectivity index (χ0v) is 12.3. The van der Waals surface area contributed by atoms with Gasteiger partial charge in [0.25, 0.3) is 5.91 Å². The molecule has 1 unspecified atom stereocenters. The molecule has 0 aliphatic rings. The van der Waals surface area contributed by atoms with Crippen molar-refractivity contribution in [1.82, 2.24) is 5.32 Å². The number of rotatable bonds is 6. The summed E-state index contributed by atoms with van der Waals surface area (Å²) < 4.78 is 41.5. The normalized spacial score (nSPS) is 12.6. The van der Waals surface area contributed by atoms with Gasteiger partial charge in [-0.2, -0.15) is 13.2 Å². The second-order valence-corrected chi connectivity index (χ2v) is 4.96. The van der Waals surface area contributed by atoms with Crippen LogP contribution in [-0.2, 0) is 9.59 Å². The minimum absolute atomic E-state index is 0.159. The van der Waals surface area contributed by atoms with Crippen LogP contribution in [0.5, 0.6) is 5.75 Å². The summed E-state index contributed by atoms with van der Waals surface area (Å²) in [5, 5.41) is 10.8. The lowest BCUT2D eigenvalue weighted by molar-refractivity contribution is -0.160. The van der Waals surface area contributed by atoms with Crippen molar-refractivity contribution in [3.63, 3.8) is 0 Å². The third-order valence-corrected chi connectivity index (χ3v) is 3.07. The highest BCUT2D eigenvalue weighted by Gasteiger charge is 2.36. The van der Waals surface area contributed by atoms with E-state index in [0.29, 0.717) is 0 Å². The number of hydrogen-bond donors (Lipinski definition) is 2. The number of carboxylic acid groups (broad SMARTS) is 1. The van der Waals surface area contributed by atoms with E-state index in [1.807, 2.05) is 0 Å². The maximum absolute atomic E-state index is 12.2. The van der Waals surface area contributed by atoms with Crippen LogP contribution >= 0.6 is 23.2 Å². The Balaban J connectivity index is 2.56. The molecule has 0 radical (unpaired) electrons. The molecular formula is C12H10Cl2F3NO4. The second kappa shape index (κ2) is 7.55. The summed E-state index contributed by atoms with van der Waals surface area (Å²) in [6.07, 6.45) is -6.40. The van der Waals surface area contributed by atoms with Gasteiger partial charge in [0.1, 0.15) is 11.8 Å². The zero-order chi connectivity index (χ0) is 16.9. The number of alkyl halides is 3. The Hall–Kier alpha value is -1.67. The molecule has 1 rings (SSSR count). The van der Waals surface area contributed by atoms with Gasteiger partial charge in [0.2, 0.25) is 0 Å². The highest BCUT2D eigenvalue weighted by Crippen LogP contribution is 2.26. The molecule has 1 amide bonds. The Kier molecular flexibility index (Phi) is 6.31. The van der Waals surface area contributed by atoms with Gasteiger partial charge in [-0.1, -0.05) is 23.2 Å². The van der Waals surface area contributed by atoms with Crippen LogP contribution in [0.15, 0.2) is 18.2 Å². The van der Waals surface area contributed by atoms with E-state index in [4.69, 9.17) is 33.0 Å². The smallest absolute Gasteiger partial charge is 0.391 e. The summed E-state index contributed by atoms with van der Waals surface area (Å²) >= 11 is 11.4. The molecule has 10 heteroatoms. The quantitative estimate of drug-likeness (QED) is 0.818. The minimum atomic E-state index is -4.72. The molecule has 0 aliphatic heterocycles. The molecule has 0 aromatic heterocycles. The van der Waals surface area contributed by atoms with Crippen molar-refractivity contribution in [3.05, 3.63) is 28.2 Å². The fourth-order valence-corrected chi connectivity index (χ4v) is 1.67. The van der Waals surface area contributed by atoms with Crippen LogP contribution in [0.25, 0.3) is 0 Å². The summed E-state index contributed by atoms with van der Waals surface area (Å²) in [6.45, 7) is -0.667.